The van der Waals surface area contributed by atoms with E-state index in [1.165, 1.54) is 6.20 Å². The number of ether oxygens (including phenoxy) is 1. The predicted octanol–water partition coefficient (Wildman–Crippen LogP) is 0.986. The summed E-state index contributed by atoms with van der Waals surface area (Å²) in [6, 6.07) is 13.1. The van der Waals surface area contributed by atoms with Gasteiger partial charge in [-0.3, -0.25) is 9.59 Å². The van der Waals surface area contributed by atoms with Crippen LogP contribution in [0.3, 0.4) is 0 Å². The van der Waals surface area contributed by atoms with Crippen LogP contribution >= 0.6 is 0 Å². The number of amides is 2. The van der Waals surface area contributed by atoms with Crippen molar-refractivity contribution in [3.8, 4) is 11.1 Å². The van der Waals surface area contributed by atoms with E-state index in [1.807, 2.05) is 30.3 Å². The van der Waals surface area contributed by atoms with E-state index in [1.54, 1.807) is 21.9 Å². The summed E-state index contributed by atoms with van der Waals surface area (Å²) in [5.74, 6) is -0.406. The second-order valence-electron chi connectivity index (χ2n) is 8.01. The van der Waals surface area contributed by atoms with Crippen LogP contribution in [-0.2, 0) is 9.53 Å². The molecule has 9 nitrogen and oxygen atoms in total. The number of aromatic nitrogens is 2. The van der Waals surface area contributed by atoms with Gasteiger partial charge in [-0.05, 0) is 29.3 Å². The lowest BCUT2D eigenvalue weighted by Gasteiger charge is -2.42. The number of aliphatic hydroxyl groups is 1. The van der Waals surface area contributed by atoms with Crippen LogP contribution in [0.1, 0.15) is 10.4 Å². The molecular weight excluding hydrogens is 400 g/mol. The minimum atomic E-state index is -1.40. The molecule has 1 aromatic heterocycles. The molecular formula is C22H22N4O5. The summed E-state index contributed by atoms with van der Waals surface area (Å²) in [7, 11) is 0. The molecule has 0 saturated carbocycles. The van der Waals surface area contributed by atoms with Gasteiger partial charge in [0.15, 0.2) is 5.60 Å². The topological polar surface area (TPSA) is 108 Å². The Morgan fingerprint density at radius 3 is 2.23 bits per heavy atom. The van der Waals surface area contributed by atoms with Crippen LogP contribution in [0.5, 0.6) is 0 Å². The van der Waals surface area contributed by atoms with Gasteiger partial charge < -0.3 is 24.9 Å². The Labute approximate surface area is 178 Å². The molecule has 2 saturated heterocycles. The Kier molecular flexibility index (Phi) is 4.64. The molecule has 2 amide bonds. The maximum atomic E-state index is 12.9. The van der Waals surface area contributed by atoms with E-state index in [0.29, 0.717) is 37.3 Å². The van der Waals surface area contributed by atoms with Crippen LogP contribution in [0.2, 0.25) is 0 Å². The van der Waals surface area contributed by atoms with Crippen molar-refractivity contribution in [2.75, 3.05) is 39.4 Å². The van der Waals surface area contributed by atoms with E-state index in [2.05, 4.69) is 5.10 Å². The number of hydrogen-bond acceptors (Lipinski definition) is 6. The zero-order valence-corrected chi connectivity index (χ0v) is 16.8. The smallest absolute Gasteiger partial charge is 0.259 e. The Hall–Kier alpha value is -3.43. The third kappa shape index (κ3) is 3.51. The van der Waals surface area contributed by atoms with Crippen molar-refractivity contribution in [2.45, 2.75) is 5.60 Å². The van der Waals surface area contributed by atoms with Crippen molar-refractivity contribution in [2.24, 2.45) is 0 Å². The number of piperazine rings is 1. The maximum Gasteiger partial charge on any atom is 0.259 e. The molecule has 2 aliphatic rings. The molecule has 2 fully saturated rings. The highest BCUT2D eigenvalue weighted by molar-refractivity contribution is 5.95. The number of carbonyl (C=O) groups is 2. The summed E-state index contributed by atoms with van der Waals surface area (Å²) in [6.07, 6.45) is 1.54. The fourth-order valence-corrected chi connectivity index (χ4v) is 4.00. The van der Waals surface area contributed by atoms with Gasteiger partial charge in [0.25, 0.3) is 11.8 Å². The summed E-state index contributed by atoms with van der Waals surface area (Å²) >= 11 is 0. The van der Waals surface area contributed by atoms with Crippen LogP contribution in [0.15, 0.2) is 48.7 Å². The molecule has 0 spiro atoms. The van der Waals surface area contributed by atoms with Crippen LogP contribution in [0.25, 0.3) is 22.0 Å². The predicted molar refractivity (Wildman–Crippen MR) is 111 cm³/mol. The van der Waals surface area contributed by atoms with E-state index in [0.717, 1.165) is 21.4 Å². The first-order valence-corrected chi connectivity index (χ1v) is 10.1. The molecule has 9 heteroatoms. The molecule has 5 rings (SSSR count). The molecule has 0 unspecified atom stereocenters. The van der Waals surface area contributed by atoms with E-state index in [9.17, 15) is 19.9 Å². The van der Waals surface area contributed by atoms with Crippen LogP contribution < -0.4 is 0 Å². The lowest BCUT2D eigenvalue weighted by molar-refractivity contribution is -0.201. The quantitative estimate of drug-likeness (QED) is 0.610. The molecule has 3 aromatic rings. The lowest BCUT2D eigenvalue weighted by atomic mass is 10.00. The number of carbonyl (C=O) groups excluding carboxylic acids is 2. The van der Waals surface area contributed by atoms with E-state index >= 15 is 0 Å². The summed E-state index contributed by atoms with van der Waals surface area (Å²) < 4.78 is 4.95. The van der Waals surface area contributed by atoms with Crippen molar-refractivity contribution >= 4 is 22.7 Å². The number of rotatable bonds is 3. The Balaban J connectivity index is 1.24. The summed E-state index contributed by atoms with van der Waals surface area (Å²) in [5.41, 5.74) is 1.74. The summed E-state index contributed by atoms with van der Waals surface area (Å²) in [4.78, 5) is 29.4. The minimum absolute atomic E-state index is 0.0339. The number of benzene rings is 2. The first-order chi connectivity index (χ1) is 14.9. The third-order valence-corrected chi connectivity index (χ3v) is 5.89. The lowest BCUT2D eigenvalue weighted by Crippen LogP contribution is -2.64. The minimum Gasteiger partial charge on any atom is -0.412 e. The average Bonchev–Trinajstić information content (AvgIpc) is 3.16. The van der Waals surface area contributed by atoms with Gasteiger partial charge in [0.05, 0.1) is 24.9 Å². The molecule has 2 aliphatic heterocycles. The van der Waals surface area contributed by atoms with E-state index in [-0.39, 0.29) is 25.0 Å². The fraction of sp³-hybridized carbons (Fsp3) is 0.318. The standard InChI is InChI=1S/C22H22N4O5/c27-20(24-7-9-25(10-8-24)21(28)22(29)13-31-14-22)16-3-1-15(2-4-16)17-5-6-18-12-26(30)23-19(18)11-17/h1-6,11-12,29-30H,7-10,13-14H2. The number of nitrogens with zero attached hydrogens (tertiary/aromatic N) is 4. The monoisotopic (exact) mass is 422 g/mol. The highest BCUT2D eigenvalue weighted by Crippen LogP contribution is 2.25. The second-order valence-corrected chi connectivity index (χ2v) is 8.01. The Bertz CT molecular complexity index is 1140. The maximum absolute atomic E-state index is 12.9. The molecule has 160 valence electrons. The van der Waals surface area contributed by atoms with Gasteiger partial charge >= 0.3 is 0 Å². The molecule has 0 aliphatic carbocycles. The van der Waals surface area contributed by atoms with Gasteiger partial charge in [0.2, 0.25) is 0 Å². The first-order valence-electron chi connectivity index (χ1n) is 10.1. The van der Waals surface area contributed by atoms with Crippen LogP contribution in [0.4, 0.5) is 0 Å². The van der Waals surface area contributed by atoms with Gasteiger partial charge in [-0.1, -0.05) is 24.3 Å². The highest BCUT2D eigenvalue weighted by Gasteiger charge is 2.46. The van der Waals surface area contributed by atoms with Gasteiger partial charge in [0, 0.05) is 37.1 Å². The molecule has 31 heavy (non-hydrogen) atoms. The first kappa shape index (κ1) is 19.5. The van der Waals surface area contributed by atoms with Crippen molar-refractivity contribution in [3.63, 3.8) is 0 Å². The van der Waals surface area contributed by atoms with Crippen molar-refractivity contribution in [3.05, 3.63) is 54.2 Å². The third-order valence-electron chi connectivity index (χ3n) is 5.89. The Morgan fingerprint density at radius 1 is 0.935 bits per heavy atom. The molecule has 2 aromatic carbocycles. The van der Waals surface area contributed by atoms with Crippen LogP contribution in [0, 0.1) is 0 Å². The number of fused-ring (bicyclic) bond motifs is 1. The van der Waals surface area contributed by atoms with Gasteiger partial charge in [-0.2, -0.15) is 0 Å². The van der Waals surface area contributed by atoms with Gasteiger partial charge in [-0.25, -0.2) is 0 Å². The average molecular weight is 422 g/mol. The van der Waals surface area contributed by atoms with Gasteiger partial charge in [0.1, 0.15) is 0 Å². The molecule has 2 N–H and O–H groups in total. The largest absolute Gasteiger partial charge is 0.412 e. The second kappa shape index (κ2) is 7.36. The SMILES string of the molecule is O=C(c1ccc(-c2ccc3cn(O)nc3c2)cc1)N1CCN(C(=O)C2(O)COC2)CC1. The van der Waals surface area contributed by atoms with E-state index < -0.39 is 5.60 Å². The van der Waals surface area contributed by atoms with Gasteiger partial charge in [-0.15, -0.1) is 9.94 Å². The molecule has 0 atom stereocenters. The van der Waals surface area contributed by atoms with Crippen molar-refractivity contribution in [1.29, 1.82) is 0 Å². The fourth-order valence-electron chi connectivity index (χ4n) is 4.00. The zero-order valence-electron chi connectivity index (χ0n) is 16.8. The summed E-state index contributed by atoms with van der Waals surface area (Å²) in [6.45, 7) is 1.69. The Morgan fingerprint density at radius 2 is 1.58 bits per heavy atom. The summed E-state index contributed by atoms with van der Waals surface area (Å²) in [5, 5.41) is 24.5. The van der Waals surface area contributed by atoms with Crippen molar-refractivity contribution in [1.82, 2.24) is 19.7 Å². The zero-order chi connectivity index (χ0) is 21.6. The normalized spacial score (nSPS) is 18.1. The molecule has 3 heterocycles. The number of hydrogen-bond donors (Lipinski definition) is 2. The van der Waals surface area contributed by atoms with Crippen molar-refractivity contribution < 1.29 is 24.6 Å². The highest BCUT2D eigenvalue weighted by atomic mass is 16.5. The molecule has 0 bridgehead atoms. The molecule has 0 radical (unpaired) electrons. The van der Waals surface area contributed by atoms with Crippen LogP contribution in [-0.4, -0.2) is 86.9 Å². The van der Waals surface area contributed by atoms with E-state index in [4.69, 9.17) is 4.74 Å².